The molecule has 2 aliphatic rings. The van der Waals surface area contributed by atoms with E-state index in [1.807, 2.05) is 0 Å². The first kappa shape index (κ1) is 15.0. The van der Waals surface area contributed by atoms with Crippen molar-refractivity contribution in [1.82, 2.24) is 0 Å². The normalized spacial score (nSPS) is 29.7. The maximum atomic E-state index is 11.6. The Balaban J connectivity index is 2.43. The van der Waals surface area contributed by atoms with Crippen LogP contribution in [-0.4, -0.2) is 39.8 Å². The molecule has 0 saturated carbocycles. The fourth-order valence-electron chi connectivity index (χ4n) is 1.85. The second-order valence-electron chi connectivity index (χ2n) is 3.98. The predicted molar refractivity (Wildman–Crippen MR) is 50.0 cm³/mol. The molecule has 0 aliphatic carbocycles. The first-order valence-electron chi connectivity index (χ1n) is 5.02. The zero-order valence-corrected chi connectivity index (χ0v) is 15.2. The van der Waals surface area contributed by atoms with E-state index in [0.717, 1.165) is 11.9 Å². The van der Waals surface area contributed by atoms with Crippen molar-refractivity contribution >= 4 is 23.4 Å². The Kier molecular flexibility index (Phi) is 3.24. The molecule has 104 valence electrons. The number of ketones is 2. The summed E-state index contributed by atoms with van der Waals surface area (Å²) in [6.45, 7) is 0. The molecule has 0 aromatic heterocycles. The quantitative estimate of drug-likeness (QED) is 0.137. The van der Waals surface area contributed by atoms with Gasteiger partial charge in [-0.2, -0.15) is 0 Å². The topological polar surface area (TPSA) is 173 Å². The maximum absolute atomic E-state index is 11.6. The van der Waals surface area contributed by atoms with E-state index in [1.165, 1.54) is 0 Å². The van der Waals surface area contributed by atoms with E-state index < -0.39 is 64.0 Å². The minimum absolute atomic E-state index is 0.969. The Morgan fingerprint density at radius 1 is 0.905 bits per heavy atom. The number of hydrogen-bond acceptors (Lipinski definition) is 10. The van der Waals surface area contributed by atoms with Gasteiger partial charge in [0.2, 0.25) is 0 Å². The van der Waals surface area contributed by atoms with Crippen LogP contribution in [0.15, 0.2) is 11.5 Å². The number of ether oxygens (including phenoxy) is 2. The van der Waals surface area contributed by atoms with Crippen LogP contribution in [0.3, 0.4) is 0 Å². The molecular formula is C8HgN2O10. The van der Waals surface area contributed by atoms with Gasteiger partial charge in [-0.1, -0.05) is 0 Å². The third-order valence-electron chi connectivity index (χ3n) is 2.92. The third kappa shape index (κ3) is 1.73. The summed E-state index contributed by atoms with van der Waals surface area (Å²) in [6.07, 6.45) is 0. The van der Waals surface area contributed by atoms with Crippen LogP contribution >= 0.6 is 0 Å². The number of nitro groups is 2. The van der Waals surface area contributed by atoms with Crippen LogP contribution < -0.4 is 0 Å². The van der Waals surface area contributed by atoms with E-state index in [4.69, 9.17) is 0 Å². The molecule has 12 nitrogen and oxygen atoms in total. The van der Waals surface area contributed by atoms with Crippen molar-refractivity contribution in [3.05, 3.63) is 31.7 Å². The molecule has 2 atom stereocenters. The van der Waals surface area contributed by atoms with Gasteiger partial charge in [0, 0.05) is 0 Å². The van der Waals surface area contributed by atoms with Crippen molar-refractivity contribution in [2.75, 3.05) is 0 Å². The SMILES string of the molecule is O=C=C1O[C]([Hg][C]2([N+](=O)[O-])OC(=C=O)C2=O)([N+](=O)[O-])C1=O. The van der Waals surface area contributed by atoms with Gasteiger partial charge >= 0.3 is 125 Å². The summed E-state index contributed by atoms with van der Waals surface area (Å²) in [4.78, 5) is 63.1. The van der Waals surface area contributed by atoms with Gasteiger partial charge in [0.05, 0.1) is 0 Å². The zero-order chi connectivity index (χ0) is 16.0. The first-order chi connectivity index (χ1) is 9.75. The van der Waals surface area contributed by atoms with Crippen molar-refractivity contribution in [2.45, 2.75) is 6.47 Å². The molecule has 2 heterocycles. The minimum atomic E-state index is -3.93. The fourth-order valence-corrected chi connectivity index (χ4v) is 9.56. The summed E-state index contributed by atoms with van der Waals surface area (Å²) in [5.74, 6) is -2.69. The average molecular weight is 485 g/mol. The number of nitrogens with zero attached hydrogens (tertiary/aromatic N) is 2. The molecule has 0 aromatic rings. The van der Waals surface area contributed by atoms with E-state index in [-0.39, 0.29) is 0 Å². The standard InChI is InChI=1S/2C4NO5.Hg/c2*6-1-2-3(7)4(10-2)5(8)9;. The average Bonchev–Trinajstić information content (AvgIpc) is 2.43. The molecular weight excluding hydrogens is 485 g/mol. The summed E-state index contributed by atoms with van der Waals surface area (Å²) in [5.41, 5.74) is 0. The molecule has 13 heteroatoms. The number of Topliss-reactive ketones (excluding diaryl/α,β-unsaturated/α-hetero) is 2. The van der Waals surface area contributed by atoms with E-state index >= 15 is 0 Å². The summed E-state index contributed by atoms with van der Waals surface area (Å²) >= 11 is -3.93. The van der Waals surface area contributed by atoms with Gasteiger partial charge in [-0.05, 0) is 0 Å². The van der Waals surface area contributed by atoms with Crippen LogP contribution in [0.5, 0.6) is 0 Å². The van der Waals surface area contributed by atoms with Crippen molar-refractivity contribution in [1.29, 1.82) is 0 Å². The predicted octanol–water partition coefficient (Wildman–Crippen LogP) is -2.44. The van der Waals surface area contributed by atoms with Crippen LogP contribution in [0.25, 0.3) is 0 Å². The molecule has 0 aromatic carbocycles. The molecule has 0 bridgehead atoms. The van der Waals surface area contributed by atoms with Gasteiger partial charge in [-0.25, -0.2) is 0 Å². The number of carbonyl (C=O) groups excluding carboxylic acids is 4. The van der Waals surface area contributed by atoms with Gasteiger partial charge in [-0.3, -0.25) is 0 Å². The van der Waals surface area contributed by atoms with Crippen LogP contribution in [0, 0.1) is 20.2 Å². The van der Waals surface area contributed by atoms with Crippen LogP contribution in [-0.2, 0) is 53.2 Å². The Morgan fingerprint density at radius 2 is 1.24 bits per heavy atom. The second kappa shape index (κ2) is 4.55. The Hall–Kier alpha value is -2.42. The molecule has 2 fully saturated rings. The summed E-state index contributed by atoms with van der Waals surface area (Å²) < 4.78 is 3.32. The molecule has 0 N–H and O–H groups in total. The molecule has 2 aliphatic heterocycles. The molecule has 0 amide bonds. The number of hydrogen-bond donors (Lipinski definition) is 0. The first-order valence-corrected chi connectivity index (χ1v) is 10.5. The van der Waals surface area contributed by atoms with Crippen molar-refractivity contribution in [3.63, 3.8) is 0 Å². The molecule has 21 heavy (non-hydrogen) atoms. The van der Waals surface area contributed by atoms with E-state index in [9.17, 15) is 39.4 Å². The van der Waals surface area contributed by atoms with Gasteiger partial charge in [0.25, 0.3) is 0 Å². The van der Waals surface area contributed by atoms with Gasteiger partial charge in [0.1, 0.15) is 0 Å². The van der Waals surface area contributed by atoms with Crippen molar-refractivity contribution < 1.29 is 63.1 Å². The number of carbonyl (C=O) groups is 2. The summed E-state index contributed by atoms with van der Waals surface area (Å²) in [5, 5.41) is 21.9. The zero-order valence-electron chi connectivity index (χ0n) is 9.68. The van der Waals surface area contributed by atoms with Gasteiger partial charge < -0.3 is 0 Å². The number of rotatable bonds is 4. The van der Waals surface area contributed by atoms with Gasteiger partial charge in [-0.15, -0.1) is 0 Å². The monoisotopic (exact) mass is 486 g/mol. The van der Waals surface area contributed by atoms with E-state index in [1.54, 1.807) is 0 Å². The van der Waals surface area contributed by atoms with Crippen LogP contribution in [0.4, 0.5) is 0 Å². The Morgan fingerprint density at radius 3 is 1.43 bits per heavy atom. The van der Waals surface area contributed by atoms with Crippen molar-refractivity contribution in [2.24, 2.45) is 0 Å². The summed E-state index contributed by atoms with van der Waals surface area (Å²) in [6, 6.07) is 0. The molecule has 2 saturated heterocycles. The van der Waals surface area contributed by atoms with E-state index in [0.29, 0.717) is 0 Å². The van der Waals surface area contributed by atoms with Gasteiger partial charge in [0.15, 0.2) is 0 Å². The third-order valence-corrected chi connectivity index (χ3v) is 12.3. The molecule has 0 spiro atoms. The Labute approximate surface area is 125 Å². The molecule has 0 radical (unpaired) electrons. The molecule has 2 unspecified atom stereocenters. The summed E-state index contributed by atoms with van der Waals surface area (Å²) in [7, 11) is 0. The van der Waals surface area contributed by atoms with Crippen molar-refractivity contribution in [3.8, 4) is 0 Å². The fraction of sp³-hybridized carbons (Fsp3) is 0.250. The van der Waals surface area contributed by atoms with E-state index in [2.05, 4.69) is 9.47 Å². The van der Waals surface area contributed by atoms with Crippen LogP contribution in [0.2, 0.25) is 0 Å². The Bertz CT molecular complexity index is 657. The second-order valence-corrected chi connectivity index (χ2v) is 12.8. The molecule has 2 rings (SSSR count). The van der Waals surface area contributed by atoms with Crippen LogP contribution in [0.1, 0.15) is 0 Å².